The van der Waals surface area contributed by atoms with Gasteiger partial charge in [-0.25, -0.2) is 4.98 Å². The van der Waals surface area contributed by atoms with Crippen LogP contribution in [0.4, 0.5) is 5.69 Å². The third-order valence-corrected chi connectivity index (χ3v) is 2.33. The lowest BCUT2D eigenvalue weighted by molar-refractivity contribution is 1.23. The first-order valence-corrected chi connectivity index (χ1v) is 4.47. The van der Waals surface area contributed by atoms with Crippen LogP contribution in [0.25, 0.3) is 16.7 Å². The molecule has 0 amide bonds. The molecule has 3 nitrogen and oxygen atoms in total. The Kier molecular flexibility index (Phi) is 1.31. The molecule has 2 N–H and O–H groups in total. The Bertz CT molecular complexity index is 610. The van der Waals surface area contributed by atoms with E-state index in [1.54, 1.807) is 0 Å². The van der Waals surface area contributed by atoms with Crippen LogP contribution in [0.15, 0.2) is 42.6 Å². The van der Waals surface area contributed by atoms with Gasteiger partial charge in [-0.05, 0) is 30.3 Å². The molecule has 0 saturated heterocycles. The Morgan fingerprint density at radius 2 is 2.07 bits per heavy atom. The number of rotatable bonds is 0. The number of nitrogens with two attached hydrogens (primary N) is 1. The molecule has 0 spiro atoms. The summed E-state index contributed by atoms with van der Waals surface area (Å²) in [6.45, 7) is 0. The minimum Gasteiger partial charge on any atom is -0.399 e. The van der Waals surface area contributed by atoms with E-state index in [0.29, 0.717) is 0 Å². The topological polar surface area (TPSA) is 43.3 Å². The van der Waals surface area contributed by atoms with Crippen LogP contribution in [0.5, 0.6) is 0 Å². The zero-order chi connectivity index (χ0) is 9.54. The summed E-state index contributed by atoms with van der Waals surface area (Å²) in [6.07, 6.45) is 1.99. The molecule has 1 aromatic carbocycles. The van der Waals surface area contributed by atoms with Gasteiger partial charge in [0.25, 0.3) is 0 Å². The summed E-state index contributed by atoms with van der Waals surface area (Å²) in [6, 6.07) is 11.7. The molecule has 3 heteroatoms. The van der Waals surface area contributed by atoms with Crippen molar-refractivity contribution in [1.29, 1.82) is 0 Å². The molecule has 0 radical (unpaired) electrons. The fraction of sp³-hybridized carbons (Fsp3) is 0. The van der Waals surface area contributed by atoms with Crippen LogP contribution in [-0.4, -0.2) is 9.38 Å². The highest BCUT2D eigenvalue weighted by atomic mass is 15.0. The number of benzene rings is 1. The lowest BCUT2D eigenvalue weighted by atomic mass is 10.3. The van der Waals surface area contributed by atoms with Gasteiger partial charge in [-0.15, -0.1) is 0 Å². The summed E-state index contributed by atoms with van der Waals surface area (Å²) >= 11 is 0. The molecule has 3 aromatic rings. The van der Waals surface area contributed by atoms with Crippen molar-refractivity contribution in [2.75, 3.05) is 5.73 Å². The highest BCUT2D eigenvalue weighted by Crippen LogP contribution is 2.18. The summed E-state index contributed by atoms with van der Waals surface area (Å²) in [5.74, 6) is 0. The first-order chi connectivity index (χ1) is 6.84. The Morgan fingerprint density at radius 1 is 1.14 bits per heavy atom. The van der Waals surface area contributed by atoms with E-state index in [2.05, 4.69) is 4.98 Å². The van der Waals surface area contributed by atoms with Crippen molar-refractivity contribution in [3.63, 3.8) is 0 Å². The minimum atomic E-state index is 0.767. The summed E-state index contributed by atoms with van der Waals surface area (Å²) < 4.78 is 2.03. The summed E-state index contributed by atoms with van der Waals surface area (Å²) in [5.41, 5.74) is 9.49. The Morgan fingerprint density at radius 3 is 3.00 bits per heavy atom. The van der Waals surface area contributed by atoms with Crippen molar-refractivity contribution in [3.05, 3.63) is 42.6 Å². The molecule has 0 aliphatic carbocycles. The lowest BCUT2D eigenvalue weighted by Gasteiger charge is -1.94. The van der Waals surface area contributed by atoms with Crippen molar-refractivity contribution in [2.45, 2.75) is 0 Å². The number of hydrogen-bond acceptors (Lipinski definition) is 2. The predicted octanol–water partition coefficient (Wildman–Crippen LogP) is 2.07. The fourth-order valence-corrected chi connectivity index (χ4v) is 1.68. The molecule has 0 bridgehead atoms. The molecule has 2 heterocycles. The van der Waals surface area contributed by atoms with E-state index < -0.39 is 0 Å². The summed E-state index contributed by atoms with van der Waals surface area (Å²) in [7, 11) is 0. The molecule has 68 valence electrons. The van der Waals surface area contributed by atoms with Crippen LogP contribution in [0.2, 0.25) is 0 Å². The van der Waals surface area contributed by atoms with E-state index in [1.807, 2.05) is 47.0 Å². The van der Waals surface area contributed by atoms with Gasteiger partial charge in [-0.1, -0.05) is 6.07 Å². The zero-order valence-corrected chi connectivity index (χ0v) is 7.51. The minimum absolute atomic E-state index is 0.767. The molecule has 0 aliphatic heterocycles. The quantitative estimate of drug-likeness (QED) is 0.542. The van der Waals surface area contributed by atoms with Gasteiger partial charge in [0.2, 0.25) is 0 Å². The van der Waals surface area contributed by atoms with E-state index in [0.717, 1.165) is 22.4 Å². The van der Waals surface area contributed by atoms with E-state index >= 15 is 0 Å². The molecule has 3 rings (SSSR count). The molecular weight excluding hydrogens is 174 g/mol. The third-order valence-electron chi connectivity index (χ3n) is 2.33. The molecule has 0 aliphatic rings. The van der Waals surface area contributed by atoms with Gasteiger partial charge < -0.3 is 5.73 Å². The van der Waals surface area contributed by atoms with Gasteiger partial charge in [-0.3, -0.25) is 4.40 Å². The maximum Gasteiger partial charge on any atom is 0.137 e. The van der Waals surface area contributed by atoms with E-state index in [-0.39, 0.29) is 0 Å². The second-order valence-corrected chi connectivity index (χ2v) is 3.29. The lowest BCUT2D eigenvalue weighted by Crippen LogP contribution is -1.85. The van der Waals surface area contributed by atoms with Crippen LogP contribution in [0.1, 0.15) is 0 Å². The van der Waals surface area contributed by atoms with E-state index in [1.165, 1.54) is 0 Å². The van der Waals surface area contributed by atoms with Crippen molar-refractivity contribution in [2.24, 2.45) is 0 Å². The zero-order valence-electron chi connectivity index (χ0n) is 7.51. The molecule has 14 heavy (non-hydrogen) atoms. The molecule has 0 fully saturated rings. The van der Waals surface area contributed by atoms with Gasteiger partial charge in [0.05, 0.1) is 11.0 Å². The molecule has 2 aromatic heterocycles. The van der Waals surface area contributed by atoms with Gasteiger partial charge in [0.1, 0.15) is 5.65 Å². The van der Waals surface area contributed by atoms with Crippen molar-refractivity contribution >= 4 is 22.4 Å². The van der Waals surface area contributed by atoms with Crippen molar-refractivity contribution in [1.82, 2.24) is 9.38 Å². The number of hydrogen-bond donors (Lipinski definition) is 1. The van der Waals surface area contributed by atoms with Gasteiger partial charge in [0, 0.05) is 11.9 Å². The van der Waals surface area contributed by atoms with Gasteiger partial charge >= 0.3 is 0 Å². The number of pyridine rings is 1. The summed E-state index contributed by atoms with van der Waals surface area (Å²) in [5, 5.41) is 0. The van der Waals surface area contributed by atoms with Gasteiger partial charge in [0.15, 0.2) is 0 Å². The number of nitrogen functional groups attached to an aromatic ring is 1. The Hall–Kier alpha value is -2.03. The first kappa shape index (κ1) is 7.38. The molecule has 0 unspecified atom stereocenters. The second-order valence-electron chi connectivity index (χ2n) is 3.29. The SMILES string of the molecule is Nc1ccc2nc3ccccn3c2c1. The van der Waals surface area contributed by atoms with Crippen molar-refractivity contribution < 1.29 is 0 Å². The largest absolute Gasteiger partial charge is 0.399 e. The Balaban J connectivity index is 2.58. The Labute approximate surface area is 80.8 Å². The number of aromatic nitrogens is 2. The van der Waals surface area contributed by atoms with Crippen LogP contribution in [0, 0.1) is 0 Å². The molecular formula is C11H9N3. The highest BCUT2D eigenvalue weighted by molar-refractivity contribution is 5.83. The highest BCUT2D eigenvalue weighted by Gasteiger charge is 2.02. The second kappa shape index (κ2) is 2.48. The van der Waals surface area contributed by atoms with Gasteiger partial charge in [-0.2, -0.15) is 0 Å². The average molecular weight is 183 g/mol. The molecule has 0 atom stereocenters. The number of anilines is 1. The number of fused-ring (bicyclic) bond motifs is 3. The van der Waals surface area contributed by atoms with Crippen LogP contribution in [0.3, 0.4) is 0 Å². The van der Waals surface area contributed by atoms with E-state index in [9.17, 15) is 0 Å². The maximum atomic E-state index is 5.73. The summed E-state index contributed by atoms with van der Waals surface area (Å²) in [4.78, 5) is 4.46. The number of imidazole rings is 1. The van der Waals surface area contributed by atoms with Crippen LogP contribution >= 0.6 is 0 Å². The fourth-order valence-electron chi connectivity index (χ4n) is 1.68. The van der Waals surface area contributed by atoms with Crippen LogP contribution < -0.4 is 5.73 Å². The predicted molar refractivity (Wildman–Crippen MR) is 57.1 cm³/mol. The smallest absolute Gasteiger partial charge is 0.137 e. The number of nitrogens with zero attached hydrogens (tertiary/aromatic N) is 2. The standard InChI is InChI=1S/C11H9N3/c12-8-4-5-9-10(7-8)14-6-2-1-3-11(14)13-9/h1-7H,12H2. The van der Waals surface area contributed by atoms with Crippen molar-refractivity contribution in [3.8, 4) is 0 Å². The third kappa shape index (κ3) is 0.893. The monoisotopic (exact) mass is 183 g/mol. The maximum absolute atomic E-state index is 5.73. The normalized spacial score (nSPS) is 11.1. The first-order valence-electron chi connectivity index (χ1n) is 4.47. The molecule has 0 saturated carbocycles. The van der Waals surface area contributed by atoms with Crippen LogP contribution in [-0.2, 0) is 0 Å². The average Bonchev–Trinajstić information content (AvgIpc) is 2.56. The van der Waals surface area contributed by atoms with E-state index in [4.69, 9.17) is 5.73 Å².